The molecule has 188 valence electrons. The van der Waals surface area contributed by atoms with Crippen LogP contribution in [-0.2, 0) is 4.74 Å². The lowest BCUT2D eigenvalue weighted by Gasteiger charge is -2.20. The fourth-order valence-electron chi connectivity index (χ4n) is 4.15. The monoisotopic (exact) mass is 492 g/mol. The molecule has 9 heteroatoms. The van der Waals surface area contributed by atoms with Gasteiger partial charge in [-0.3, -0.25) is 9.59 Å². The van der Waals surface area contributed by atoms with Crippen molar-refractivity contribution in [2.45, 2.75) is 20.8 Å². The Morgan fingerprint density at radius 1 is 0.806 bits per heavy atom. The molecule has 3 aromatic rings. The summed E-state index contributed by atoms with van der Waals surface area (Å²) in [6.07, 6.45) is 0. The Morgan fingerprint density at radius 3 is 2.03 bits per heavy atom. The van der Waals surface area contributed by atoms with Crippen molar-refractivity contribution in [3.8, 4) is 11.1 Å². The third-order valence-electron chi connectivity index (χ3n) is 5.72. The Hall–Kier alpha value is -4.24. The van der Waals surface area contributed by atoms with Crippen LogP contribution in [0.25, 0.3) is 21.9 Å². The summed E-state index contributed by atoms with van der Waals surface area (Å²) >= 11 is 0. The smallest absolute Gasteiger partial charge is 0.336 e. The highest BCUT2D eigenvalue weighted by atomic mass is 16.5. The molecule has 0 aliphatic heterocycles. The van der Waals surface area contributed by atoms with Gasteiger partial charge in [-0.15, -0.1) is 0 Å². The van der Waals surface area contributed by atoms with Crippen molar-refractivity contribution in [2.75, 3.05) is 26.3 Å². The average Bonchev–Trinajstić information content (AvgIpc) is 2.85. The van der Waals surface area contributed by atoms with Crippen LogP contribution in [0.2, 0.25) is 0 Å². The van der Waals surface area contributed by atoms with Gasteiger partial charge in [0.2, 0.25) is 0 Å². The molecule has 0 aliphatic carbocycles. The molecule has 0 aromatic heterocycles. The summed E-state index contributed by atoms with van der Waals surface area (Å²) in [4.78, 5) is 51.2. The second-order valence-corrected chi connectivity index (χ2v) is 7.99. The van der Waals surface area contributed by atoms with Crippen molar-refractivity contribution in [3.05, 3.63) is 70.3 Å². The van der Waals surface area contributed by atoms with Gasteiger partial charge in [-0.2, -0.15) is 0 Å². The minimum absolute atomic E-state index is 0.00693. The number of hydrogen-bond donors (Lipinski definition) is 4. The van der Waals surface area contributed by atoms with Gasteiger partial charge >= 0.3 is 11.9 Å². The number of carbonyl (C=O) groups is 4. The van der Waals surface area contributed by atoms with E-state index >= 15 is 0 Å². The van der Waals surface area contributed by atoms with E-state index in [1.807, 2.05) is 26.0 Å². The van der Waals surface area contributed by atoms with E-state index < -0.39 is 23.8 Å². The molecule has 9 nitrogen and oxygen atoms in total. The number of hydrogen-bond acceptors (Lipinski definition) is 5. The molecule has 0 radical (unpaired) electrons. The third kappa shape index (κ3) is 5.21. The van der Waals surface area contributed by atoms with Crippen LogP contribution >= 0.6 is 0 Å². The molecule has 0 saturated carbocycles. The number of aromatic carboxylic acids is 2. The molecule has 0 heterocycles. The van der Waals surface area contributed by atoms with E-state index in [1.54, 1.807) is 19.1 Å². The second kappa shape index (κ2) is 11.5. The molecule has 3 aromatic carbocycles. The van der Waals surface area contributed by atoms with Crippen LogP contribution in [0.3, 0.4) is 0 Å². The fraction of sp³-hybridized carbons (Fsp3) is 0.259. The van der Waals surface area contributed by atoms with Gasteiger partial charge in [-0.1, -0.05) is 24.3 Å². The average molecular weight is 493 g/mol. The van der Waals surface area contributed by atoms with Crippen molar-refractivity contribution in [1.82, 2.24) is 10.6 Å². The summed E-state index contributed by atoms with van der Waals surface area (Å²) in [5.41, 5.74) is 1.10. The lowest BCUT2D eigenvalue weighted by Crippen LogP contribution is -2.29. The van der Waals surface area contributed by atoms with Crippen molar-refractivity contribution in [1.29, 1.82) is 0 Å². The summed E-state index contributed by atoms with van der Waals surface area (Å²) in [5.74, 6) is -3.89. The topological polar surface area (TPSA) is 142 Å². The first-order valence-electron chi connectivity index (χ1n) is 11.5. The zero-order valence-corrected chi connectivity index (χ0v) is 20.3. The molecular weight excluding hydrogens is 464 g/mol. The second-order valence-electron chi connectivity index (χ2n) is 7.99. The van der Waals surface area contributed by atoms with Gasteiger partial charge in [-0.05, 0) is 55.7 Å². The largest absolute Gasteiger partial charge is 0.478 e. The maximum atomic E-state index is 13.4. The Kier molecular flexibility index (Phi) is 8.39. The molecule has 0 bridgehead atoms. The van der Waals surface area contributed by atoms with Gasteiger partial charge < -0.3 is 25.6 Å². The summed E-state index contributed by atoms with van der Waals surface area (Å²) in [6.45, 7) is 6.48. The molecule has 4 N–H and O–H groups in total. The number of benzene rings is 3. The predicted octanol–water partition coefficient (Wildman–Crippen LogP) is 3.73. The van der Waals surface area contributed by atoms with Crippen LogP contribution in [0.4, 0.5) is 0 Å². The SMILES string of the molecule is CCNC(=O)c1c(-c2ccccc2C)cc(C(=O)NCCOCC)c2c(C(=O)O)ccc(C(=O)O)c12. The number of carboxylic acid groups (broad SMARTS) is 2. The zero-order valence-electron chi connectivity index (χ0n) is 20.3. The van der Waals surface area contributed by atoms with E-state index in [0.29, 0.717) is 17.7 Å². The summed E-state index contributed by atoms with van der Waals surface area (Å²) < 4.78 is 5.27. The van der Waals surface area contributed by atoms with Crippen LogP contribution in [0, 0.1) is 6.92 Å². The molecule has 0 spiro atoms. The Balaban J connectivity index is 2.52. The summed E-state index contributed by atoms with van der Waals surface area (Å²) in [6, 6.07) is 10.9. The normalized spacial score (nSPS) is 10.8. The molecule has 0 fully saturated rings. The number of carboxylic acids is 2. The van der Waals surface area contributed by atoms with Gasteiger partial charge in [-0.25, -0.2) is 9.59 Å². The molecular formula is C27H28N2O7. The molecule has 0 atom stereocenters. The predicted molar refractivity (Wildman–Crippen MR) is 135 cm³/mol. The van der Waals surface area contributed by atoms with Crippen molar-refractivity contribution < 1.29 is 34.1 Å². The first kappa shape index (κ1) is 26.4. The highest BCUT2D eigenvalue weighted by Gasteiger charge is 2.29. The molecule has 0 unspecified atom stereocenters. The number of carbonyl (C=O) groups excluding carboxylic acids is 2. The minimum atomic E-state index is -1.36. The standard InChI is InChI=1S/C27H28N2O7/c1-4-28-25(31)23-19(16-9-7-6-8-15(16)3)14-20(24(30)29-12-13-36-5-2)21-17(26(32)33)10-11-18(22(21)23)27(34)35/h6-11,14H,4-5,12-13H2,1-3H3,(H,28,31)(H,29,30)(H,32,33)(H,34,35). The van der Waals surface area contributed by atoms with Crippen molar-refractivity contribution in [2.24, 2.45) is 0 Å². The Morgan fingerprint density at radius 2 is 1.44 bits per heavy atom. The van der Waals surface area contributed by atoms with Crippen LogP contribution in [0.1, 0.15) is 60.8 Å². The lowest BCUT2D eigenvalue weighted by molar-refractivity contribution is 0.0684. The quantitative estimate of drug-likeness (QED) is 0.316. The molecule has 36 heavy (non-hydrogen) atoms. The van der Waals surface area contributed by atoms with Crippen LogP contribution in [0.15, 0.2) is 42.5 Å². The number of ether oxygens (including phenoxy) is 1. The first-order valence-corrected chi connectivity index (χ1v) is 11.5. The molecule has 0 saturated heterocycles. The maximum Gasteiger partial charge on any atom is 0.336 e. The number of rotatable bonds is 10. The van der Waals surface area contributed by atoms with Gasteiger partial charge in [0.15, 0.2) is 0 Å². The summed E-state index contributed by atoms with van der Waals surface area (Å²) in [7, 11) is 0. The Bertz CT molecular complexity index is 1350. The van der Waals surface area contributed by atoms with E-state index in [0.717, 1.165) is 17.7 Å². The third-order valence-corrected chi connectivity index (χ3v) is 5.72. The number of nitrogens with one attached hydrogen (secondary N) is 2. The molecule has 3 rings (SSSR count). The van der Waals surface area contributed by atoms with Gasteiger partial charge in [0, 0.05) is 36.0 Å². The van der Waals surface area contributed by atoms with Crippen LogP contribution < -0.4 is 10.6 Å². The Labute approximate surface area is 208 Å². The lowest BCUT2D eigenvalue weighted by atomic mass is 9.84. The van der Waals surface area contributed by atoms with Crippen LogP contribution in [-0.4, -0.2) is 60.3 Å². The van der Waals surface area contributed by atoms with E-state index in [-0.39, 0.29) is 52.7 Å². The van der Waals surface area contributed by atoms with Crippen LogP contribution in [0.5, 0.6) is 0 Å². The van der Waals surface area contributed by atoms with E-state index in [9.17, 15) is 29.4 Å². The van der Waals surface area contributed by atoms with Crippen molar-refractivity contribution in [3.63, 3.8) is 0 Å². The highest BCUT2D eigenvalue weighted by Crippen LogP contribution is 2.38. The van der Waals surface area contributed by atoms with Crippen molar-refractivity contribution >= 4 is 34.5 Å². The van der Waals surface area contributed by atoms with E-state index in [1.165, 1.54) is 6.07 Å². The van der Waals surface area contributed by atoms with E-state index in [2.05, 4.69) is 10.6 Å². The van der Waals surface area contributed by atoms with E-state index in [4.69, 9.17) is 4.74 Å². The fourth-order valence-corrected chi connectivity index (χ4v) is 4.15. The molecule has 0 aliphatic rings. The first-order chi connectivity index (χ1) is 17.2. The number of fused-ring (bicyclic) bond motifs is 1. The minimum Gasteiger partial charge on any atom is -0.478 e. The summed E-state index contributed by atoms with van der Waals surface area (Å²) in [5, 5.41) is 25.1. The number of amides is 2. The molecule has 2 amide bonds. The zero-order chi connectivity index (χ0) is 26.4. The maximum absolute atomic E-state index is 13.4. The van der Waals surface area contributed by atoms with Gasteiger partial charge in [0.1, 0.15) is 0 Å². The highest BCUT2D eigenvalue weighted by molar-refractivity contribution is 6.25. The number of aryl methyl sites for hydroxylation is 1. The van der Waals surface area contributed by atoms with Gasteiger partial charge in [0.05, 0.1) is 23.3 Å². The van der Waals surface area contributed by atoms with Gasteiger partial charge in [0.25, 0.3) is 11.8 Å².